The van der Waals surface area contributed by atoms with Gasteiger partial charge in [-0.25, -0.2) is 4.79 Å². The summed E-state index contributed by atoms with van der Waals surface area (Å²) >= 11 is 0. The highest BCUT2D eigenvalue weighted by molar-refractivity contribution is 6.01. The Morgan fingerprint density at radius 1 is 1.17 bits per heavy atom. The van der Waals surface area contributed by atoms with E-state index in [-0.39, 0.29) is 12.6 Å². The quantitative estimate of drug-likeness (QED) is 0.853. The first-order valence-electron chi connectivity index (χ1n) is 7.57. The fourth-order valence-electron chi connectivity index (χ4n) is 2.54. The molecule has 0 spiro atoms. The Labute approximate surface area is 139 Å². The van der Waals surface area contributed by atoms with Crippen LogP contribution in [0.5, 0.6) is 11.5 Å². The number of rotatable bonds is 6. The molecular formula is C18H18N2O4. The van der Waals surface area contributed by atoms with Gasteiger partial charge in [-0.2, -0.15) is 5.10 Å². The molecule has 2 N–H and O–H groups in total. The van der Waals surface area contributed by atoms with Crippen molar-refractivity contribution in [2.75, 3.05) is 13.7 Å². The summed E-state index contributed by atoms with van der Waals surface area (Å²) in [5.41, 5.74) is 6.25. The van der Waals surface area contributed by atoms with Gasteiger partial charge in [-0.1, -0.05) is 12.1 Å². The van der Waals surface area contributed by atoms with Crippen LogP contribution in [0.25, 0.3) is 0 Å². The van der Waals surface area contributed by atoms with Crippen LogP contribution in [0, 0.1) is 0 Å². The van der Waals surface area contributed by atoms with Crippen LogP contribution < -0.4 is 14.9 Å². The lowest BCUT2D eigenvalue weighted by molar-refractivity contribution is -0.139. The average molecular weight is 326 g/mol. The topological polar surface area (TPSA) is 80.2 Å². The number of hydrogen-bond acceptors (Lipinski definition) is 5. The van der Waals surface area contributed by atoms with E-state index in [4.69, 9.17) is 14.6 Å². The van der Waals surface area contributed by atoms with Crippen LogP contribution in [0.3, 0.4) is 0 Å². The third-order valence-corrected chi connectivity index (χ3v) is 3.82. The third-order valence-electron chi connectivity index (χ3n) is 3.82. The number of carboxylic acids is 1. The summed E-state index contributed by atoms with van der Waals surface area (Å²) in [4.78, 5) is 10.5. The highest BCUT2D eigenvalue weighted by Crippen LogP contribution is 2.26. The van der Waals surface area contributed by atoms with Gasteiger partial charge in [0, 0.05) is 6.42 Å². The number of methoxy groups -OCH3 is 1. The van der Waals surface area contributed by atoms with E-state index in [0.29, 0.717) is 5.75 Å². The van der Waals surface area contributed by atoms with E-state index in [1.807, 2.05) is 36.4 Å². The van der Waals surface area contributed by atoms with Crippen molar-refractivity contribution in [2.24, 2.45) is 5.10 Å². The van der Waals surface area contributed by atoms with Crippen LogP contribution in [0.15, 0.2) is 53.6 Å². The number of carbonyl (C=O) groups is 1. The molecule has 2 aromatic carbocycles. The average Bonchev–Trinajstić information content (AvgIpc) is 3.10. The molecule has 1 heterocycles. The van der Waals surface area contributed by atoms with Gasteiger partial charge in [-0.3, -0.25) is 0 Å². The molecule has 0 saturated carbocycles. The van der Waals surface area contributed by atoms with E-state index in [2.05, 4.69) is 10.5 Å². The Morgan fingerprint density at radius 3 is 2.46 bits per heavy atom. The summed E-state index contributed by atoms with van der Waals surface area (Å²) in [6, 6.07) is 15.3. The molecule has 0 bridgehead atoms. The smallest absolute Gasteiger partial charge is 0.341 e. The van der Waals surface area contributed by atoms with Crippen molar-refractivity contribution in [1.29, 1.82) is 0 Å². The Hall–Kier alpha value is -3.02. The van der Waals surface area contributed by atoms with Gasteiger partial charge in [-0.15, -0.1) is 0 Å². The minimum absolute atomic E-state index is 0.133. The molecule has 6 nitrogen and oxygen atoms in total. The molecule has 124 valence electrons. The highest BCUT2D eigenvalue weighted by atomic mass is 16.5. The van der Waals surface area contributed by atoms with Crippen molar-refractivity contribution in [1.82, 2.24) is 5.43 Å². The monoisotopic (exact) mass is 326 g/mol. The second-order valence-electron chi connectivity index (χ2n) is 5.42. The van der Waals surface area contributed by atoms with Crippen LogP contribution in [-0.4, -0.2) is 30.5 Å². The summed E-state index contributed by atoms with van der Waals surface area (Å²) < 4.78 is 10.3. The number of hydrazone groups is 1. The van der Waals surface area contributed by atoms with Crippen LogP contribution >= 0.6 is 0 Å². The predicted octanol–water partition coefficient (Wildman–Crippen LogP) is 2.60. The van der Waals surface area contributed by atoms with Gasteiger partial charge in [0.1, 0.15) is 11.5 Å². The molecule has 0 saturated heterocycles. The van der Waals surface area contributed by atoms with Crippen molar-refractivity contribution < 1.29 is 19.4 Å². The largest absolute Gasteiger partial charge is 0.497 e. The van der Waals surface area contributed by atoms with E-state index >= 15 is 0 Å². The maximum Gasteiger partial charge on any atom is 0.341 e. The van der Waals surface area contributed by atoms with E-state index in [1.54, 1.807) is 19.2 Å². The van der Waals surface area contributed by atoms with Gasteiger partial charge in [0.05, 0.1) is 18.9 Å². The van der Waals surface area contributed by atoms with Crippen LogP contribution in [-0.2, 0) is 4.79 Å². The lowest BCUT2D eigenvalue weighted by Gasteiger charge is -2.11. The Kier molecular flexibility index (Phi) is 4.65. The summed E-state index contributed by atoms with van der Waals surface area (Å²) in [5.74, 6) is 0.361. The number of carboxylic acid groups (broad SMARTS) is 1. The number of benzene rings is 2. The fourth-order valence-corrected chi connectivity index (χ4v) is 2.54. The van der Waals surface area contributed by atoms with Crippen molar-refractivity contribution in [2.45, 2.75) is 12.5 Å². The molecule has 1 aliphatic rings. The van der Waals surface area contributed by atoms with Crippen molar-refractivity contribution in [3.8, 4) is 11.5 Å². The number of nitrogens with one attached hydrogen (secondary N) is 1. The maximum absolute atomic E-state index is 10.5. The Bertz CT molecular complexity index is 739. The Balaban J connectivity index is 1.63. The highest BCUT2D eigenvalue weighted by Gasteiger charge is 2.21. The molecule has 3 rings (SSSR count). The number of aliphatic carboxylic acids is 1. The fraction of sp³-hybridized carbons (Fsp3) is 0.222. The molecule has 0 aromatic heterocycles. The maximum atomic E-state index is 10.5. The van der Waals surface area contributed by atoms with E-state index in [0.717, 1.165) is 29.0 Å². The van der Waals surface area contributed by atoms with E-state index < -0.39 is 5.97 Å². The lowest BCUT2D eigenvalue weighted by Crippen LogP contribution is -2.10. The molecule has 1 atom stereocenters. The van der Waals surface area contributed by atoms with Crippen LogP contribution in [0.1, 0.15) is 23.6 Å². The first-order chi connectivity index (χ1) is 11.7. The number of ether oxygens (including phenoxy) is 2. The first-order valence-corrected chi connectivity index (χ1v) is 7.57. The number of nitrogens with zero attached hydrogens (tertiary/aromatic N) is 1. The molecule has 6 heteroatoms. The van der Waals surface area contributed by atoms with Gasteiger partial charge >= 0.3 is 5.97 Å². The van der Waals surface area contributed by atoms with Gasteiger partial charge in [0.25, 0.3) is 0 Å². The van der Waals surface area contributed by atoms with Crippen molar-refractivity contribution in [3.63, 3.8) is 0 Å². The molecular weight excluding hydrogens is 308 g/mol. The summed E-state index contributed by atoms with van der Waals surface area (Å²) in [6.07, 6.45) is 0.779. The zero-order valence-corrected chi connectivity index (χ0v) is 13.2. The summed E-state index contributed by atoms with van der Waals surface area (Å²) in [5, 5.41) is 13.0. The second-order valence-corrected chi connectivity index (χ2v) is 5.42. The van der Waals surface area contributed by atoms with Gasteiger partial charge in [0.15, 0.2) is 6.61 Å². The molecule has 1 unspecified atom stereocenters. The summed E-state index contributed by atoms with van der Waals surface area (Å²) in [7, 11) is 1.65. The predicted molar refractivity (Wildman–Crippen MR) is 89.6 cm³/mol. The van der Waals surface area contributed by atoms with Crippen LogP contribution in [0.2, 0.25) is 0 Å². The zero-order chi connectivity index (χ0) is 16.9. The van der Waals surface area contributed by atoms with Crippen molar-refractivity contribution >= 4 is 11.7 Å². The molecule has 1 aliphatic heterocycles. The molecule has 2 aromatic rings. The minimum Gasteiger partial charge on any atom is -0.497 e. The first kappa shape index (κ1) is 15.9. The van der Waals surface area contributed by atoms with Gasteiger partial charge in [0.2, 0.25) is 0 Å². The van der Waals surface area contributed by atoms with Crippen LogP contribution in [0.4, 0.5) is 0 Å². The Morgan fingerprint density at radius 2 is 1.83 bits per heavy atom. The molecule has 0 amide bonds. The summed E-state index contributed by atoms with van der Waals surface area (Å²) in [6.45, 7) is -0.346. The standard InChI is InChI=1S/C18H18N2O4/c1-23-14-6-2-12(3-7-14)16-10-17(20-19-16)13-4-8-15(9-5-13)24-11-18(21)22/h2-9,16,19H,10-11H2,1H3,(H,21,22). The number of hydrogen-bond donors (Lipinski definition) is 2. The third kappa shape index (κ3) is 3.65. The minimum atomic E-state index is -0.995. The second kappa shape index (κ2) is 7.04. The van der Waals surface area contributed by atoms with Crippen molar-refractivity contribution in [3.05, 3.63) is 59.7 Å². The molecule has 24 heavy (non-hydrogen) atoms. The zero-order valence-electron chi connectivity index (χ0n) is 13.2. The van der Waals surface area contributed by atoms with E-state index in [1.165, 1.54) is 0 Å². The molecule has 0 radical (unpaired) electrons. The lowest BCUT2D eigenvalue weighted by atomic mass is 9.99. The normalized spacial score (nSPS) is 16.2. The van der Waals surface area contributed by atoms with E-state index in [9.17, 15) is 4.79 Å². The van der Waals surface area contributed by atoms with Gasteiger partial charge in [-0.05, 0) is 47.5 Å². The molecule has 0 fully saturated rings. The molecule has 0 aliphatic carbocycles. The van der Waals surface area contributed by atoms with Gasteiger partial charge < -0.3 is 20.0 Å². The SMILES string of the molecule is COc1ccc(C2CC(c3ccc(OCC(=O)O)cc3)=NN2)cc1.